The highest BCUT2D eigenvalue weighted by molar-refractivity contribution is 5.94. The number of likely N-dealkylation sites (tertiary alicyclic amines) is 1. The number of aryl methyl sites for hydroxylation is 2. The van der Waals surface area contributed by atoms with Crippen LogP contribution in [0, 0.1) is 19.7 Å². The first-order valence-corrected chi connectivity index (χ1v) is 9.44. The highest BCUT2D eigenvalue weighted by atomic mass is 19.1. The van der Waals surface area contributed by atoms with Crippen LogP contribution in [-0.2, 0) is 0 Å². The van der Waals surface area contributed by atoms with Gasteiger partial charge in [0.25, 0.3) is 11.5 Å². The Hall–Kier alpha value is -2.47. The van der Waals surface area contributed by atoms with Crippen molar-refractivity contribution in [2.45, 2.75) is 39.2 Å². The molecule has 1 aliphatic heterocycles. The molecular weight excluding hydrogens is 345 g/mol. The molecule has 1 saturated heterocycles. The summed E-state index contributed by atoms with van der Waals surface area (Å²) in [7, 11) is 0. The van der Waals surface area contributed by atoms with Crippen molar-refractivity contribution >= 4 is 5.91 Å². The summed E-state index contributed by atoms with van der Waals surface area (Å²) in [6.45, 7) is 5.93. The smallest absolute Gasteiger partial charge is 0.261 e. The molecule has 5 nitrogen and oxygen atoms in total. The molecule has 0 saturated carbocycles. The fraction of sp³-hybridized carbons (Fsp3) is 0.429. The molecule has 0 spiro atoms. The third-order valence-corrected chi connectivity index (χ3v) is 5.28. The number of rotatable bonds is 5. The molecule has 1 aromatic heterocycles. The van der Waals surface area contributed by atoms with Gasteiger partial charge in [-0.3, -0.25) is 14.5 Å². The van der Waals surface area contributed by atoms with Crippen molar-refractivity contribution in [1.29, 1.82) is 0 Å². The Bertz CT molecular complexity index is 855. The van der Waals surface area contributed by atoms with Gasteiger partial charge in [-0.1, -0.05) is 18.6 Å². The molecule has 6 heteroatoms. The third kappa shape index (κ3) is 4.63. The molecule has 1 amide bonds. The largest absolute Gasteiger partial charge is 0.350 e. The summed E-state index contributed by atoms with van der Waals surface area (Å²) in [6, 6.07) is 8.01. The number of nitrogens with one attached hydrogen (secondary N) is 2. The van der Waals surface area contributed by atoms with Gasteiger partial charge in [0.05, 0.1) is 6.04 Å². The zero-order chi connectivity index (χ0) is 19.4. The topological polar surface area (TPSA) is 65.2 Å². The number of halogens is 1. The van der Waals surface area contributed by atoms with E-state index in [9.17, 15) is 14.0 Å². The summed E-state index contributed by atoms with van der Waals surface area (Å²) < 4.78 is 13.3. The number of carbonyl (C=O) groups excluding carboxylic acids is 1. The first-order valence-electron chi connectivity index (χ1n) is 9.44. The van der Waals surface area contributed by atoms with E-state index >= 15 is 0 Å². The van der Waals surface area contributed by atoms with E-state index in [4.69, 9.17) is 0 Å². The molecule has 1 aliphatic rings. The summed E-state index contributed by atoms with van der Waals surface area (Å²) in [5, 5.41) is 2.90. The minimum absolute atomic E-state index is 0.0412. The van der Waals surface area contributed by atoms with E-state index in [0.29, 0.717) is 6.54 Å². The van der Waals surface area contributed by atoms with Gasteiger partial charge in [-0.15, -0.1) is 0 Å². The SMILES string of the molecule is Cc1cc(C(=O)NCC(c2ccc(F)cc2)N2CCCCC2)c(=O)[nH]c1C. The Balaban J connectivity index is 1.78. The number of nitrogens with zero attached hydrogens (tertiary/aromatic N) is 1. The molecule has 2 heterocycles. The predicted molar refractivity (Wildman–Crippen MR) is 103 cm³/mol. The zero-order valence-electron chi connectivity index (χ0n) is 15.8. The molecule has 144 valence electrons. The number of aromatic amines is 1. The Labute approximate surface area is 158 Å². The predicted octanol–water partition coefficient (Wildman–Crippen LogP) is 3.09. The van der Waals surface area contributed by atoms with Gasteiger partial charge in [-0.2, -0.15) is 0 Å². The Kier molecular flexibility index (Phi) is 6.06. The lowest BCUT2D eigenvalue weighted by Gasteiger charge is -2.35. The van der Waals surface area contributed by atoms with E-state index in [-0.39, 0.29) is 28.9 Å². The fourth-order valence-corrected chi connectivity index (χ4v) is 3.55. The molecule has 0 bridgehead atoms. The van der Waals surface area contributed by atoms with E-state index in [2.05, 4.69) is 15.2 Å². The van der Waals surface area contributed by atoms with Crippen LogP contribution in [0.5, 0.6) is 0 Å². The normalized spacial score (nSPS) is 16.1. The zero-order valence-corrected chi connectivity index (χ0v) is 15.8. The van der Waals surface area contributed by atoms with Crippen molar-refractivity contribution in [2.75, 3.05) is 19.6 Å². The third-order valence-electron chi connectivity index (χ3n) is 5.28. The van der Waals surface area contributed by atoms with Gasteiger partial charge >= 0.3 is 0 Å². The van der Waals surface area contributed by atoms with Gasteiger partial charge in [-0.25, -0.2) is 4.39 Å². The average molecular weight is 371 g/mol. The van der Waals surface area contributed by atoms with Gasteiger partial charge < -0.3 is 10.3 Å². The van der Waals surface area contributed by atoms with Crippen molar-refractivity contribution in [3.8, 4) is 0 Å². The van der Waals surface area contributed by atoms with Gasteiger partial charge in [0.15, 0.2) is 0 Å². The standard InChI is InChI=1S/C21H26FN3O2/c1-14-12-18(21(27)24-15(14)2)20(26)23-13-19(25-10-4-3-5-11-25)16-6-8-17(22)9-7-16/h6-9,12,19H,3-5,10-11,13H2,1-2H3,(H,23,26)(H,24,27). The quantitative estimate of drug-likeness (QED) is 0.849. The summed E-state index contributed by atoms with van der Waals surface area (Å²) in [5.41, 5.74) is 2.33. The number of pyridine rings is 1. The highest BCUT2D eigenvalue weighted by Gasteiger charge is 2.23. The molecule has 27 heavy (non-hydrogen) atoms. The van der Waals surface area contributed by atoms with Crippen LogP contribution >= 0.6 is 0 Å². The van der Waals surface area contributed by atoms with Crippen LogP contribution in [0.15, 0.2) is 35.1 Å². The summed E-state index contributed by atoms with van der Waals surface area (Å²) in [4.78, 5) is 29.7. The van der Waals surface area contributed by atoms with Gasteiger partial charge in [-0.05, 0) is 69.1 Å². The molecular formula is C21H26FN3O2. The number of carbonyl (C=O) groups is 1. The van der Waals surface area contributed by atoms with Crippen molar-refractivity contribution in [3.63, 3.8) is 0 Å². The van der Waals surface area contributed by atoms with Crippen LogP contribution in [0.4, 0.5) is 4.39 Å². The molecule has 2 N–H and O–H groups in total. The van der Waals surface area contributed by atoms with Crippen molar-refractivity contribution in [2.24, 2.45) is 0 Å². The van der Waals surface area contributed by atoms with Crippen LogP contribution in [0.1, 0.15) is 52.5 Å². The second kappa shape index (κ2) is 8.48. The molecule has 2 aromatic rings. The summed E-state index contributed by atoms with van der Waals surface area (Å²) in [5.74, 6) is -0.662. The maximum atomic E-state index is 13.3. The second-order valence-electron chi connectivity index (χ2n) is 7.19. The maximum Gasteiger partial charge on any atom is 0.261 e. The summed E-state index contributed by atoms with van der Waals surface area (Å²) in [6.07, 6.45) is 3.43. The first kappa shape index (κ1) is 19.3. The summed E-state index contributed by atoms with van der Waals surface area (Å²) >= 11 is 0. The lowest BCUT2D eigenvalue weighted by atomic mass is 10.0. The van der Waals surface area contributed by atoms with Crippen molar-refractivity contribution < 1.29 is 9.18 Å². The van der Waals surface area contributed by atoms with Crippen LogP contribution in [0.2, 0.25) is 0 Å². The van der Waals surface area contributed by atoms with E-state index in [0.717, 1.165) is 42.8 Å². The Morgan fingerprint density at radius 3 is 2.52 bits per heavy atom. The molecule has 1 aromatic carbocycles. The number of aromatic nitrogens is 1. The number of H-pyrrole nitrogens is 1. The van der Waals surface area contributed by atoms with Crippen LogP contribution in [-0.4, -0.2) is 35.4 Å². The molecule has 1 fully saturated rings. The minimum Gasteiger partial charge on any atom is -0.350 e. The number of piperidine rings is 1. The number of hydrogen-bond donors (Lipinski definition) is 2. The van der Waals surface area contributed by atoms with E-state index < -0.39 is 0 Å². The lowest BCUT2D eigenvalue weighted by molar-refractivity contribution is 0.0922. The fourth-order valence-electron chi connectivity index (χ4n) is 3.55. The number of hydrogen-bond acceptors (Lipinski definition) is 3. The van der Waals surface area contributed by atoms with Gasteiger partial charge in [0.2, 0.25) is 0 Å². The first-order chi connectivity index (χ1) is 13.0. The van der Waals surface area contributed by atoms with Crippen molar-refractivity contribution in [3.05, 3.63) is 68.9 Å². The monoisotopic (exact) mass is 371 g/mol. The second-order valence-corrected chi connectivity index (χ2v) is 7.19. The van der Waals surface area contributed by atoms with Gasteiger partial charge in [0.1, 0.15) is 11.4 Å². The molecule has 3 rings (SSSR count). The van der Waals surface area contributed by atoms with Crippen LogP contribution in [0.25, 0.3) is 0 Å². The van der Waals surface area contributed by atoms with Gasteiger partial charge in [0, 0.05) is 12.2 Å². The maximum absolute atomic E-state index is 13.3. The lowest BCUT2D eigenvalue weighted by Crippen LogP contribution is -2.41. The average Bonchev–Trinajstić information content (AvgIpc) is 2.67. The van der Waals surface area contributed by atoms with E-state index in [1.54, 1.807) is 25.1 Å². The van der Waals surface area contributed by atoms with Crippen LogP contribution in [0.3, 0.4) is 0 Å². The molecule has 0 radical (unpaired) electrons. The Morgan fingerprint density at radius 1 is 1.19 bits per heavy atom. The minimum atomic E-state index is -0.386. The molecule has 1 atom stereocenters. The molecule has 1 unspecified atom stereocenters. The Morgan fingerprint density at radius 2 is 1.85 bits per heavy atom. The van der Waals surface area contributed by atoms with E-state index in [1.807, 2.05) is 6.92 Å². The number of benzene rings is 1. The van der Waals surface area contributed by atoms with E-state index in [1.165, 1.54) is 18.6 Å². The van der Waals surface area contributed by atoms with Crippen molar-refractivity contribution in [1.82, 2.24) is 15.2 Å². The highest BCUT2D eigenvalue weighted by Crippen LogP contribution is 2.24. The number of amides is 1. The molecule has 0 aliphatic carbocycles. The van der Waals surface area contributed by atoms with Crippen LogP contribution < -0.4 is 10.9 Å².